The number of carbonyl (C=O) groups excluding carboxylic acids is 2. The Morgan fingerprint density at radius 3 is 2.96 bits per heavy atom. The molecule has 1 aromatic heterocycles. The molecule has 2 heterocycles. The fourth-order valence-corrected chi connectivity index (χ4v) is 3.26. The summed E-state index contributed by atoms with van der Waals surface area (Å²) in [6, 6.07) is 8.08. The van der Waals surface area contributed by atoms with Crippen LogP contribution in [-0.2, 0) is 27.4 Å². The van der Waals surface area contributed by atoms with Gasteiger partial charge in [0.2, 0.25) is 6.41 Å². The lowest BCUT2D eigenvalue weighted by Crippen LogP contribution is -2.40. The van der Waals surface area contributed by atoms with Gasteiger partial charge in [0, 0.05) is 18.5 Å². The lowest BCUT2D eigenvalue weighted by atomic mass is 9.99. The number of nitrogens with one attached hydrogen (secondary N) is 1. The van der Waals surface area contributed by atoms with Gasteiger partial charge < -0.3 is 15.1 Å². The Balaban J connectivity index is 1.83. The van der Waals surface area contributed by atoms with Gasteiger partial charge in [-0.25, -0.2) is 4.98 Å². The maximum absolute atomic E-state index is 12.9. The Kier molecular flexibility index (Phi) is 4.85. The van der Waals surface area contributed by atoms with Gasteiger partial charge in [-0.1, -0.05) is 29.4 Å². The van der Waals surface area contributed by atoms with Crippen molar-refractivity contribution >= 4 is 34.5 Å². The molecule has 0 spiro atoms. The van der Waals surface area contributed by atoms with Gasteiger partial charge in [-0.05, 0) is 17.5 Å². The highest BCUT2D eigenvalue weighted by molar-refractivity contribution is 7.14. The largest absolute Gasteiger partial charge is 0.398 e. The number of hydrogen-bond donors (Lipinski definition) is 1. The zero-order valence-corrected chi connectivity index (χ0v) is 13.9. The van der Waals surface area contributed by atoms with Crippen molar-refractivity contribution in [3.05, 3.63) is 46.5 Å². The molecule has 1 aliphatic rings. The first-order valence-corrected chi connectivity index (χ1v) is 8.24. The third-order valence-corrected chi connectivity index (χ3v) is 4.51. The molecule has 2 amide bonds. The van der Waals surface area contributed by atoms with E-state index in [0.29, 0.717) is 30.3 Å². The Hall–Kier alpha value is -2.74. The molecule has 8 heteroatoms. The predicted octanol–water partition coefficient (Wildman–Crippen LogP) is 1.65. The van der Waals surface area contributed by atoms with Crippen LogP contribution in [0, 0.1) is 0 Å². The molecular formula is C16H16N4O3S. The fraction of sp³-hybridized carbons (Fsp3) is 0.250. The maximum Gasteiger partial charge on any atom is 0.278 e. The van der Waals surface area contributed by atoms with Gasteiger partial charge in [0.15, 0.2) is 10.8 Å². The number of fused-ring (bicyclic) bond motifs is 1. The second kappa shape index (κ2) is 7.22. The Bertz CT molecular complexity index is 787. The molecular weight excluding hydrogens is 328 g/mol. The highest BCUT2D eigenvalue weighted by Crippen LogP contribution is 2.21. The van der Waals surface area contributed by atoms with Crippen molar-refractivity contribution in [3.8, 4) is 0 Å². The highest BCUT2D eigenvalue weighted by atomic mass is 32.1. The van der Waals surface area contributed by atoms with E-state index in [1.807, 2.05) is 18.2 Å². The maximum atomic E-state index is 12.9. The van der Waals surface area contributed by atoms with E-state index in [-0.39, 0.29) is 11.6 Å². The van der Waals surface area contributed by atoms with Gasteiger partial charge in [-0.2, -0.15) is 0 Å². The first-order chi connectivity index (χ1) is 11.7. The number of nitrogens with zero attached hydrogens (tertiary/aromatic N) is 3. The van der Waals surface area contributed by atoms with Crippen LogP contribution in [0.3, 0.4) is 0 Å². The average molecular weight is 344 g/mol. The van der Waals surface area contributed by atoms with E-state index < -0.39 is 0 Å². The van der Waals surface area contributed by atoms with E-state index in [1.54, 1.807) is 10.3 Å². The Morgan fingerprint density at radius 1 is 1.42 bits per heavy atom. The summed E-state index contributed by atoms with van der Waals surface area (Å²) in [6.07, 6.45) is 1.34. The summed E-state index contributed by atoms with van der Waals surface area (Å²) >= 11 is 1.22. The number of thiazole rings is 1. The summed E-state index contributed by atoms with van der Waals surface area (Å²) in [5.41, 5.74) is 2.91. The smallest absolute Gasteiger partial charge is 0.278 e. The zero-order valence-electron chi connectivity index (χ0n) is 13.1. The van der Waals surface area contributed by atoms with Crippen molar-refractivity contribution in [2.24, 2.45) is 5.16 Å². The second-order valence-electron chi connectivity index (χ2n) is 5.17. The van der Waals surface area contributed by atoms with Gasteiger partial charge in [0.05, 0.1) is 0 Å². The summed E-state index contributed by atoms with van der Waals surface area (Å²) in [7, 11) is 1.38. The molecule has 124 valence electrons. The highest BCUT2D eigenvalue weighted by Gasteiger charge is 2.27. The normalized spacial score (nSPS) is 14.0. The minimum atomic E-state index is -0.241. The van der Waals surface area contributed by atoms with Gasteiger partial charge >= 0.3 is 0 Å². The van der Waals surface area contributed by atoms with Crippen molar-refractivity contribution in [1.29, 1.82) is 0 Å². The molecule has 7 nitrogen and oxygen atoms in total. The summed E-state index contributed by atoms with van der Waals surface area (Å²) < 4.78 is 0. The molecule has 0 fully saturated rings. The van der Waals surface area contributed by atoms with Crippen LogP contribution >= 0.6 is 11.3 Å². The van der Waals surface area contributed by atoms with E-state index >= 15 is 0 Å². The fourth-order valence-electron chi connectivity index (χ4n) is 2.60. The minimum Gasteiger partial charge on any atom is -0.398 e. The number of anilines is 1. The van der Waals surface area contributed by atoms with E-state index in [0.717, 1.165) is 12.0 Å². The SMILES string of the molecule is CO/N=C(/C(=O)N1CCc2ccccc2C1)c1csc(NC=O)n1. The Labute approximate surface area is 142 Å². The molecule has 0 saturated heterocycles. The number of rotatable bonds is 5. The molecule has 0 saturated carbocycles. The predicted molar refractivity (Wildman–Crippen MR) is 90.9 cm³/mol. The molecule has 1 aliphatic heterocycles. The number of amides is 2. The number of benzene rings is 1. The van der Waals surface area contributed by atoms with Gasteiger partial charge in [0.1, 0.15) is 12.8 Å². The third kappa shape index (κ3) is 3.28. The van der Waals surface area contributed by atoms with Gasteiger partial charge in [0.25, 0.3) is 5.91 Å². The minimum absolute atomic E-state index is 0.132. The summed E-state index contributed by atoms with van der Waals surface area (Å²) in [4.78, 5) is 34.1. The first-order valence-electron chi connectivity index (χ1n) is 7.36. The van der Waals surface area contributed by atoms with Crippen LogP contribution in [0.15, 0.2) is 34.8 Å². The van der Waals surface area contributed by atoms with Gasteiger partial charge in [-0.3, -0.25) is 9.59 Å². The van der Waals surface area contributed by atoms with Crippen LogP contribution in [0.4, 0.5) is 5.13 Å². The molecule has 0 bridgehead atoms. The molecule has 2 aromatic rings. The monoisotopic (exact) mass is 344 g/mol. The first kappa shape index (κ1) is 16.1. The molecule has 0 aliphatic carbocycles. The lowest BCUT2D eigenvalue weighted by molar-refractivity contribution is -0.125. The number of aromatic nitrogens is 1. The van der Waals surface area contributed by atoms with Crippen molar-refractivity contribution in [3.63, 3.8) is 0 Å². The summed E-state index contributed by atoms with van der Waals surface area (Å²) in [6.45, 7) is 1.14. The Morgan fingerprint density at radius 2 is 2.21 bits per heavy atom. The van der Waals surface area contributed by atoms with Crippen LogP contribution in [0.1, 0.15) is 16.8 Å². The van der Waals surface area contributed by atoms with Crippen molar-refractivity contribution in [2.45, 2.75) is 13.0 Å². The lowest BCUT2D eigenvalue weighted by Gasteiger charge is -2.28. The molecule has 0 atom stereocenters. The van der Waals surface area contributed by atoms with Crippen LogP contribution < -0.4 is 5.32 Å². The number of hydrogen-bond acceptors (Lipinski definition) is 6. The van der Waals surface area contributed by atoms with E-state index in [2.05, 4.69) is 21.5 Å². The quantitative estimate of drug-likeness (QED) is 0.508. The van der Waals surface area contributed by atoms with Crippen LogP contribution in [0.5, 0.6) is 0 Å². The summed E-state index contributed by atoms with van der Waals surface area (Å²) in [5, 5.41) is 8.38. The number of carbonyl (C=O) groups is 2. The molecule has 24 heavy (non-hydrogen) atoms. The summed E-state index contributed by atoms with van der Waals surface area (Å²) in [5.74, 6) is -0.241. The standard InChI is InChI=1S/C16H16N4O3S/c1-23-19-14(13-9-24-16(18-13)17-10-21)15(22)20-7-6-11-4-2-3-5-12(11)8-20/h2-5,9-10H,6-8H2,1H3,(H,17,18,21)/b19-14+. The number of oxime groups is 1. The third-order valence-electron chi connectivity index (χ3n) is 3.73. The van der Waals surface area contributed by atoms with Gasteiger partial charge in [-0.15, -0.1) is 11.3 Å². The average Bonchev–Trinajstić information content (AvgIpc) is 3.07. The van der Waals surface area contributed by atoms with Crippen molar-refractivity contribution < 1.29 is 14.4 Å². The van der Waals surface area contributed by atoms with Crippen molar-refractivity contribution in [2.75, 3.05) is 19.0 Å². The molecule has 1 aromatic carbocycles. The second-order valence-corrected chi connectivity index (χ2v) is 6.03. The topological polar surface area (TPSA) is 83.9 Å². The molecule has 3 rings (SSSR count). The van der Waals surface area contributed by atoms with E-state index in [4.69, 9.17) is 4.84 Å². The van der Waals surface area contributed by atoms with Crippen LogP contribution in [0.2, 0.25) is 0 Å². The van der Waals surface area contributed by atoms with E-state index in [9.17, 15) is 9.59 Å². The van der Waals surface area contributed by atoms with Crippen LogP contribution in [0.25, 0.3) is 0 Å². The van der Waals surface area contributed by atoms with E-state index in [1.165, 1.54) is 24.0 Å². The van der Waals surface area contributed by atoms with Crippen molar-refractivity contribution in [1.82, 2.24) is 9.88 Å². The molecule has 0 unspecified atom stereocenters. The van der Waals surface area contributed by atoms with Crippen LogP contribution in [-0.4, -0.2) is 41.6 Å². The molecule has 1 N–H and O–H groups in total. The zero-order chi connectivity index (χ0) is 16.9. The molecule has 0 radical (unpaired) electrons.